The smallest absolute Gasteiger partial charge is 0.265 e. The van der Waals surface area contributed by atoms with Crippen molar-refractivity contribution in [2.24, 2.45) is 0 Å². The molecule has 1 atom stereocenters. The van der Waals surface area contributed by atoms with Crippen LogP contribution >= 0.6 is 22.9 Å². The molecule has 0 spiro atoms. The Labute approximate surface area is 220 Å². The molecule has 1 heterocycles. The topological polar surface area (TPSA) is 52.7 Å². The SMILES string of the molecule is CC(c1ccccc1)N(Cc1cc(NC(=O)c2cccs2)ccc1N(C)C)C(=O)c1ccccc1Cl. The van der Waals surface area contributed by atoms with Crippen molar-refractivity contribution in [1.29, 1.82) is 0 Å². The van der Waals surface area contributed by atoms with Crippen molar-refractivity contribution in [3.8, 4) is 0 Å². The number of thiophene rings is 1. The fourth-order valence-corrected chi connectivity index (χ4v) is 4.93. The van der Waals surface area contributed by atoms with Crippen LogP contribution in [0.2, 0.25) is 5.02 Å². The summed E-state index contributed by atoms with van der Waals surface area (Å²) in [6.07, 6.45) is 0. The van der Waals surface area contributed by atoms with Gasteiger partial charge in [0.05, 0.1) is 21.5 Å². The number of nitrogens with zero attached hydrogens (tertiary/aromatic N) is 2. The third-order valence-electron chi connectivity index (χ3n) is 6.02. The molecule has 0 saturated carbocycles. The fourth-order valence-electron chi connectivity index (χ4n) is 4.10. The Morgan fingerprint density at radius 3 is 2.33 bits per heavy atom. The average Bonchev–Trinajstić information content (AvgIpc) is 3.43. The van der Waals surface area contributed by atoms with E-state index in [-0.39, 0.29) is 17.9 Å². The van der Waals surface area contributed by atoms with Gasteiger partial charge >= 0.3 is 0 Å². The van der Waals surface area contributed by atoms with Gasteiger partial charge in [0, 0.05) is 32.0 Å². The number of nitrogens with one attached hydrogen (secondary N) is 1. The molecular weight excluding hydrogens is 490 g/mol. The summed E-state index contributed by atoms with van der Waals surface area (Å²) in [6, 6.07) is 26.2. The number of halogens is 1. The minimum atomic E-state index is -0.214. The molecule has 0 radical (unpaired) electrons. The molecule has 2 amide bonds. The van der Waals surface area contributed by atoms with Crippen LogP contribution in [0.5, 0.6) is 0 Å². The number of hydrogen-bond acceptors (Lipinski definition) is 4. The molecule has 4 rings (SSSR count). The number of amides is 2. The highest BCUT2D eigenvalue weighted by Gasteiger charge is 2.26. The van der Waals surface area contributed by atoms with E-state index in [1.807, 2.05) is 103 Å². The highest BCUT2D eigenvalue weighted by atomic mass is 35.5. The van der Waals surface area contributed by atoms with Gasteiger partial charge in [-0.3, -0.25) is 9.59 Å². The fraction of sp³-hybridized carbons (Fsp3) is 0.172. The average molecular weight is 518 g/mol. The number of rotatable bonds is 8. The molecule has 0 aliphatic carbocycles. The minimum absolute atomic E-state index is 0.157. The van der Waals surface area contributed by atoms with E-state index in [4.69, 9.17) is 11.6 Å². The van der Waals surface area contributed by atoms with Gasteiger partial charge in [0.15, 0.2) is 0 Å². The Kier molecular flexibility index (Phi) is 8.08. The van der Waals surface area contributed by atoms with Crippen LogP contribution in [0.4, 0.5) is 11.4 Å². The molecule has 1 unspecified atom stereocenters. The summed E-state index contributed by atoms with van der Waals surface area (Å²) in [5.74, 6) is -0.315. The van der Waals surface area contributed by atoms with Gasteiger partial charge in [-0.2, -0.15) is 0 Å². The second kappa shape index (κ2) is 11.4. The summed E-state index contributed by atoms with van der Waals surface area (Å²) in [5.41, 5.74) is 4.02. The maximum atomic E-state index is 13.8. The highest BCUT2D eigenvalue weighted by Crippen LogP contribution is 2.31. The van der Waals surface area contributed by atoms with E-state index in [1.54, 1.807) is 18.2 Å². The largest absolute Gasteiger partial charge is 0.377 e. The molecule has 0 saturated heterocycles. The summed E-state index contributed by atoms with van der Waals surface area (Å²) >= 11 is 7.82. The minimum Gasteiger partial charge on any atom is -0.377 e. The zero-order chi connectivity index (χ0) is 25.7. The molecule has 0 aliphatic heterocycles. The van der Waals surface area contributed by atoms with E-state index in [9.17, 15) is 9.59 Å². The van der Waals surface area contributed by atoms with Crippen molar-refractivity contribution in [3.05, 3.63) is 117 Å². The molecule has 5 nitrogen and oxygen atoms in total. The van der Waals surface area contributed by atoms with Crippen LogP contribution in [-0.2, 0) is 6.54 Å². The van der Waals surface area contributed by atoms with E-state index in [2.05, 4.69) is 5.32 Å². The summed E-state index contributed by atoms with van der Waals surface area (Å²) < 4.78 is 0. The van der Waals surface area contributed by atoms with Crippen LogP contribution in [0.3, 0.4) is 0 Å². The first-order valence-electron chi connectivity index (χ1n) is 11.6. The van der Waals surface area contributed by atoms with Gasteiger partial charge in [-0.05, 0) is 59.8 Å². The lowest BCUT2D eigenvalue weighted by atomic mass is 10.0. The van der Waals surface area contributed by atoms with Crippen molar-refractivity contribution < 1.29 is 9.59 Å². The van der Waals surface area contributed by atoms with Crippen molar-refractivity contribution in [2.45, 2.75) is 19.5 Å². The Morgan fingerprint density at radius 2 is 1.67 bits per heavy atom. The van der Waals surface area contributed by atoms with Gasteiger partial charge in [0.1, 0.15) is 0 Å². The van der Waals surface area contributed by atoms with Crippen LogP contribution in [0, 0.1) is 0 Å². The molecule has 184 valence electrons. The molecule has 1 N–H and O–H groups in total. The number of hydrogen-bond donors (Lipinski definition) is 1. The van der Waals surface area contributed by atoms with Gasteiger partial charge in [-0.25, -0.2) is 0 Å². The van der Waals surface area contributed by atoms with Crippen molar-refractivity contribution in [2.75, 3.05) is 24.3 Å². The van der Waals surface area contributed by atoms with E-state index < -0.39 is 0 Å². The maximum absolute atomic E-state index is 13.8. The lowest BCUT2D eigenvalue weighted by molar-refractivity contribution is 0.0674. The summed E-state index contributed by atoms with van der Waals surface area (Å²) in [5, 5.41) is 5.27. The van der Waals surface area contributed by atoms with Crippen LogP contribution in [0.1, 0.15) is 44.1 Å². The first-order chi connectivity index (χ1) is 17.3. The molecule has 0 aliphatic rings. The molecule has 7 heteroatoms. The van der Waals surface area contributed by atoms with E-state index >= 15 is 0 Å². The molecule has 1 aromatic heterocycles. The number of benzene rings is 3. The second-order valence-corrected chi connectivity index (χ2v) is 10.0. The monoisotopic (exact) mass is 517 g/mol. The Bertz CT molecular complexity index is 1340. The number of carbonyl (C=O) groups is 2. The van der Waals surface area contributed by atoms with Crippen molar-refractivity contribution in [1.82, 2.24) is 4.90 Å². The first kappa shape index (κ1) is 25.5. The lowest BCUT2D eigenvalue weighted by Crippen LogP contribution is -2.34. The first-order valence-corrected chi connectivity index (χ1v) is 12.9. The molecule has 4 aromatic rings. The summed E-state index contributed by atoms with van der Waals surface area (Å²) in [4.78, 5) is 31.0. The number of anilines is 2. The lowest BCUT2D eigenvalue weighted by Gasteiger charge is -2.32. The van der Waals surface area contributed by atoms with Crippen LogP contribution < -0.4 is 10.2 Å². The van der Waals surface area contributed by atoms with Crippen LogP contribution in [0.15, 0.2) is 90.3 Å². The zero-order valence-corrected chi connectivity index (χ0v) is 22.0. The Balaban J connectivity index is 1.72. The molecule has 0 fully saturated rings. The standard InChI is InChI=1S/C29H28ClN3O2S/c1-20(21-10-5-4-6-11-21)33(29(35)24-12-7-8-13-25(24)30)19-22-18-23(15-16-26(22)32(2)3)31-28(34)27-14-9-17-36-27/h4-18,20H,19H2,1-3H3,(H,31,34). The molecule has 0 bridgehead atoms. The third-order valence-corrected chi connectivity index (χ3v) is 7.22. The molecule has 36 heavy (non-hydrogen) atoms. The van der Waals surface area contributed by atoms with Gasteiger partial charge in [0.25, 0.3) is 11.8 Å². The maximum Gasteiger partial charge on any atom is 0.265 e. The summed E-state index contributed by atoms with van der Waals surface area (Å²) in [7, 11) is 3.92. The predicted molar refractivity (Wildman–Crippen MR) is 149 cm³/mol. The van der Waals surface area contributed by atoms with Gasteiger partial charge in [-0.1, -0.05) is 60.1 Å². The second-order valence-electron chi connectivity index (χ2n) is 8.67. The molecular formula is C29H28ClN3O2S. The van der Waals surface area contributed by atoms with E-state index in [0.29, 0.717) is 27.7 Å². The van der Waals surface area contributed by atoms with Crippen LogP contribution in [0.25, 0.3) is 0 Å². The van der Waals surface area contributed by atoms with Crippen molar-refractivity contribution >= 4 is 46.1 Å². The van der Waals surface area contributed by atoms with Crippen LogP contribution in [-0.4, -0.2) is 30.8 Å². The Morgan fingerprint density at radius 1 is 0.944 bits per heavy atom. The number of carbonyl (C=O) groups excluding carboxylic acids is 2. The highest BCUT2D eigenvalue weighted by molar-refractivity contribution is 7.12. The molecule has 3 aromatic carbocycles. The van der Waals surface area contributed by atoms with E-state index in [0.717, 1.165) is 16.8 Å². The third kappa shape index (κ3) is 5.78. The predicted octanol–water partition coefficient (Wildman–Crippen LogP) is 7.12. The normalized spacial score (nSPS) is 11.6. The van der Waals surface area contributed by atoms with Gasteiger partial charge in [-0.15, -0.1) is 11.3 Å². The van der Waals surface area contributed by atoms with Crippen molar-refractivity contribution in [3.63, 3.8) is 0 Å². The Hall–Kier alpha value is -3.61. The van der Waals surface area contributed by atoms with Gasteiger partial charge in [0.2, 0.25) is 0 Å². The summed E-state index contributed by atoms with van der Waals surface area (Å²) in [6.45, 7) is 2.35. The van der Waals surface area contributed by atoms with Gasteiger partial charge < -0.3 is 15.1 Å². The quantitative estimate of drug-likeness (QED) is 0.270. The van der Waals surface area contributed by atoms with E-state index in [1.165, 1.54) is 11.3 Å². The zero-order valence-electron chi connectivity index (χ0n) is 20.4.